The summed E-state index contributed by atoms with van der Waals surface area (Å²) in [6, 6.07) is 14.1. The van der Waals surface area contributed by atoms with Crippen molar-refractivity contribution in [2.24, 2.45) is 4.99 Å². The summed E-state index contributed by atoms with van der Waals surface area (Å²) in [6.07, 6.45) is 0. The van der Waals surface area contributed by atoms with Crippen molar-refractivity contribution in [1.82, 2.24) is 15.6 Å². The van der Waals surface area contributed by atoms with Crippen molar-refractivity contribution < 1.29 is 9.47 Å². The molecule has 1 aromatic heterocycles. The maximum atomic E-state index is 5.41. The third-order valence-electron chi connectivity index (χ3n) is 4.11. The molecule has 1 aliphatic rings. The number of benzene rings is 2. The van der Waals surface area contributed by atoms with E-state index in [2.05, 4.69) is 32.0 Å². The Morgan fingerprint density at radius 2 is 1.96 bits per heavy atom. The van der Waals surface area contributed by atoms with Gasteiger partial charge >= 0.3 is 0 Å². The van der Waals surface area contributed by atoms with Crippen LogP contribution in [0.3, 0.4) is 0 Å². The molecule has 2 aromatic carbocycles. The van der Waals surface area contributed by atoms with Gasteiger partial charge in [-0.05, 0) is 29.8 Å². The van der Waals surface area contributed by atoms with E-state index in [1.807, 2.05) is 36.4 Å². The Morgan fingerprint density at radius 1 is 1.11 bits per heavy atom. The zero-order valence-corrected chi connectivity index (χ0v) is 18.5. The number of halogens is 1. The molecule has 0 unspecified atom stereocenters. The zero-order valence-electron chi connectivity index (χ0n) is 15.4. The number of para-hydroxylation sites is 1. The molecule has 9 heteroatoms. The van der Waals surface area contributed by atoms with E-state index in [0.717, 1.165) is 46.8 Å². The number of aromatic nitrogens is 1. The van der Waals surface area contributed by atoms with Gasteiger partial charge in [-0.1, -0.05) is 29.5 Å². The number of nitrogens with one attached hydrogen (secondary N) is 3. The normalized spacial score (nSPS) is 12.5. The minimum absolute atomic E-state index is 0. The number of hydrogen-bond donors (Lipinski definition) is 3. The van der Waals surface area contributed by atoms with E-state index in [0.29, 0.717) is 6.54 Å². The smallest absolute Gasteiger partial charge is 0.231 e. The van der Waals surface area contributed by atoms with Crippen LogP contribution in [0.2, 0.25) is 0 Å². The van der Waals surface area contributed by atoms with Crippen LogP contribution in [0.15, 0.2) is 47.5 Å². The Hall–Kier alpha value is -2.27. The first kappa shape index (κ1) is 20.5. The largest absolute Gasteiger partial charge is 0.454 e. The van der Waals surface area contributed by atoms with Gasteiger partial charge in [-0.15, -0.1) is 24.0 Å². The lowest BCUT2D eigenvalue weighted by molar-refractivity contribution is 0.174. The third-order valence-corrected chi connectivity index (χ3v) is 5.10. The molecule has 0 aliphatic carbocycles. The van der Waals surface area contributed by atoms with Crippen LogP contribution < -0.4 is 25.4 Å². The molecule has 28 heavy (non-hydrogen) atoms. The summed E-state index contributed by atoms with van der Waals surface area (Å²) in [6.45, 7) is 2.43. The van der Waals surface area contributed by atoms with Gasteiger partial charge in [-0.2, -0.15) is 0 Å². The number of thiazole rings is 1. The van der Waals surface area contributed by atoms with Crippen molar-refractivity contribution in [2.75, 3.05) is 32.2 Å². The van der Waals surface area contributed by atoms with Crippen molar-refractivity contribution >= 4 is 56.6 Å². The van der Waals surface area contributed by atoms with E-state index in [4.69, 9.17) is 9.47 Å². The van der Waals surface area contributed by atoms with Crippen molar-refractivity contribution in [3.8, 4) is 11.5 Å². The van der Waals surface area contributed by atoms with E-state index in [1.165, 1.54) is 4.70 Å². The predicted molar refractivity (Wildman–Crippen MR) is 124 cm³/mol. The summed E-state index contributed by atoms with van der Waals surface area (Å²) in [7, 11) is 1.76. The summed E-state index contributed by atoms with van der Waals surface area (Å²) < 4.78 is 11.9. The first-order valence-corrected chi connectivity index (χ1v) is 9.56. The molecular formula is C19H22IN5O2S. The summed E-state index contributed by atoms with van der Waals surface area (Å²) in [5, 5.41) is 10.9. The van der Waals surface area contributed by atoms with Gasteiger partial charge in [0.15, 0.2) is 22.6 Å². The van der Waals surface area contributed by atoms with E-state index in [9.17, 15) is 0 Å². The first-order chi connectivity index (χ1) is 13.3. The van der Waals surface area contributed by atoms with Crippen molar-refractivity contribution in [3.63, 3.8) is 0 Å². The highest BCUT2D eigenvalue weighted by atomic mass is 127. The van der Waals surface area contributed by atoms with Gasteiger partial charge in [0.2, 0.25) is 6.79 Å². The average molecular weight is 511 g/mol. The highest BCUT2D eigenvalue weighted by Gasteiger charge is 2.13. The van der Waals surface area contributed by atoms with Gasteiger partial charge in [-0.25, -0.2) is 4.98 Å². The Balaban J connectivity index is 0.00000225. The zero-order chi connectivity index (χ0) is 18.5. The van der Waals surface area contributed by atoms with Crippen molar-refractivity contribution in [3.05, 3.63) is 48.0 Å². The number of nitrogens with zero attached hydrogens (tertiary/aromatic N) is 2. The van der Waals surface area contributed by atoms with E-state index >= 15 is 0 Å². The van der Waals surface area contributed by atoms with Crippen LogP contribution in [-0.4, -0.2) is 37.9 Å². The van der Waals surface area contributed by atoms with Gasteiger partial charge in [0.25, 0.3) is 0 Å². The van der Waals surface area contributed by atoms with E-state index in [-0.39, 0.29) is 30.8 Å². The molecule has 0 radical (unpaired) electrons. The molecule has 7 nitrogen and oxygen atoms in total. The lowest BCUT2D eigenvalue weighted by atomic mass is 10.2. The molecule has 0 saturated heterocycles. The fraction of sp³-hybridized carbons (Fsp3) is 0.263. The lowest BCUT2D eigenvalue weighted by Gasteiger charge is -2.12. The standard InChI is InChI=1S/C19H21N5O2S.HI/c1-20-18(23-11-13-6-7-15-16(10-13)26-12-25-15)21-8-9-22-19-24-14-4-2-3-5-17(14)27-19;/h2-7,10H,8-9,11-12H2,1H3,(H,22,24)(H2,20,21,23);1H. The van der Waals surface area contributed by atoms with E-state index < -0.39 is 0 Å². The van der Waals surface area contributed by atoms with Crippen LogP contribution in [0.1, 0.15) is 5.56 Å². The van der Waals surface area contributed by atoms with Crippen LogP contribution in [0.5, 0.6) is 11.5 Å². The van der Waals surface area contributed by atoms with Gasteiger partial charge in [0.05, 0.1) is 10.2 Å². The quantitative estimate of drug-likeness (QED) is 0.204. The number of ether oxygens (including phenoxy) is 2. The fourth-order valence-corrected chi connectivity index (χ4v) is 3.65. The summed E-state index contributed by atoms with van der Waals surface area (Å²) in [5.74, 6) is 2.33. The predicted octanol–water partition coefficient (Wildman–Crippen LogP) is 3.42. The molecule has 0 spiro atoms. The van der Waals surface area contributed by atoms with Crippen LogP contribution in [0.25, 0.3) is 10.2 Å². The molecule has 148 valence electrons. The minimum atomic E-state index is 0. The Bertz CT molecular complexity index is 929. The van der Waals surface area contributed by atoms with Crippen LogP contribution in [0, 0.1) is 0 Å². The molecule has 0 bridgehead atoms. The Labute approximate surface area is 184 Å². The molecule has 3 aromatic rings. The SMILES string of the molecule is CN=C(NCCNc1nc2ccccc2s1)NCc1ccc2c(c1)OCO2.I. The molecule has 3 N–H and O–H groups in total. The number of fused-ring (bicyclic) bond motifs is 2. The van der Waals surface area contributed by atoms with Crippen LogP contribution in [0.4, 0.5) is 5.13 Å². The fourth-order valence-electron chi connectivity index (χ4n) is 2.76. The number of hydrogen-bond acceptors (Lipinski definition) is 6. The maximum Gasteiger partial charge on any atom is 0.231 e. The number of rotatable bonds is 6. The molecule has 2 heterocycles. The Kier molecular flexibility index (Phi) is 7.15. The highest BCUT2D eigenvalue weighted by Crippen LogP contribution is 2.32. The molecule has 1 aliphatic heterocycles. The third kappa shape index (κ3) is 4.96. The average Bonchev–Trinajstić information content (AvgIpc) is 3.33. The van der Waals surface area contributed by atoms with E-state index in [1.54, 1.807) is 18.4 Å². The van der Waals surface area contributed by atoms with Crippen molar-refractivity contribution in [1.29, 1.82) is 0 Å². The van der Waals surface area contributed by atoms with Crippen molar-refractivity contribution in [2.45, 2.75) is 6.54 Å². The molecule has 0 fully saturated rings. The molecule has 0 amide bonds. The maximum absolute atomic E-state index is 5.41. The lowest BCUT2D eigenvalue weighted by Crippen LogP contribution is -2.39. The second-order valence-corrected chi connectivity index (χ2v) is 6.98. The highest BCUT2D eigenvalue weighted by molar-refractivity contribution is 14.0. The Morgan fingerprint density at radius 3 is 2.82 bits per heavy atom. The topological polar surface area (TPSA) is 79.8 Å². The second-order valence-electron chi connectivity index (χ2n) is 5.95. The summed E-state index contributed by atoms with van der Waals surface area (Å²) >= 11 is 1.66. The van der Waals surface area contributed by atoms with Gasteiger partial charge in [0.1, 0.15) is 0 Å². The number of guanidine groups is 1. The van der Waals surface area contributed by atoms with Crippen LogP contribution >= 0.6 is 35.3 Å². The number of aliphatic imine (C=N–C) groups is 1. The van der Waals surface area contributed by atoms with Gasteiger partial charge < -0.3 is 25.4 Å². The minimum Gasteiger partial charge on any atom is -0.454 e. The second kappa shape index (κ2) is 9.78. The van der Waals surface area contributed by atoms with Gasteiger partial charge in [0, 0.05) is 26.7 Å². The van der Waals surface area contributed by atoms with Gasteiger partial charge in [-0.3, -0.25) is 4.99 Å². The summed E-state index contributed by atoms with van der Waals surface area (Å²) in [4.78, 5) is 8.82. The van der Waals surface area contributed by atoms with Crippen LogP contribution in [-0.2, 0) is 6.54 Å². The molecular weight excluding hydrogens is 489 g/mol. The molecule has 0 saturated carbocycles. The monoisotopic (exact) mass is 511 g/mol. The molecule has 0 atom stereocenters. The number of anilines is 1. The first-order valence-electron chi connectivity index (χ1n) is 8.74. The molecule has 4 rings (SSSR count). The summed E-state index contributed by atoms with van der Waals surface area (Å²) in [5.41, 5.74) is 2.13.